The predicted molar refractivity (Wildman–Crippen MR) is 173 cm³/mol. The van der Waals surface area contributed by atoms with Crippen molar-refractivity contribution < 1.29 is 50.9 Å². The molecule has 0 saturated carbocycles. The molecule has 1 unspecified atom stereocenters. The van der Waals surface area contributed by atoms with Crippen LogP contribution < -0.4 is 20.1 Å². The van der Waals surface area contributed by atoms with Gasteiger partial charge in [-0.2, -0.15) is 15.1 Å². The Bertz CT molecular complexity index is 2080. The molecule has 2 aromatic heterocycles. The molecule has 0 aliphatic carbocycles. The van der Waals surface area contributed by atoms with Crippen LogP contribution in [0.5, 0.6) is 11.6 Å². The lowest BCUT2D eigenvalue weighted by atomic mass is 9.98. The molecule has 0 bridgehead atoms. The molecule has 0 radical (unpaired) electrons. The average molecular weight is 717 g/mol. The average Bonchev–Trinajstić information content (AvgIpc) is 3.58. The van der Waals surface area contributed by atoms with Gasteiger partial charge in [-0.1, -0.05) is 36.4 Å². The second-order valence-electron chi connectivity index (χ2n) is 11.7. The first kappa shape index (κ1) is 35.0. The minimum atomic E-state index is -4.60. The maximum atomic E-state index is 15.9. The number of rotatable bonds is 12. The number of methoxy groups -OCH3 is 1. The maximum Gasteiger partial charge on any atom is 0.459 e. The second kappa shape index (κ2) is 13.8. The first-order valence-electron chi connectivity index (χ1n) is 15.2. The van der Waals surface area contributed by atoms with Gasteiger partial charge >= 0.3 is 13.7 Å². The number of imidazole rings is 1. The molecule has 14 nitrogen and oxygen atoms in total. The summed E-state index contributed by atoms with van der Waals surface area (Å²) >= 11 is 0. The topological polar surface area (TPSA) is 182 Å². The van der Waals surface area contributed by atoms with E-state index in [1.807, 2.05) is 0 Å². The normalized spacial score (nSPS) is 22.3. The van der Waals surface area contributed by atoms with Crippen LogP contribution in [0.3, 0.4) is 0 Å². The zero-order valence-electron chi connectivity index (χ0n) is 26.8. The van der Waals surface area contributed by atoms with Crippen molar-refractivity contribution >= 4 is 41.6 Å². The van der Waals surface area contributed by atoms with E-state index in [0.717, 1.165) is 17.5 Å². The number of nitrogens with one attached hydrogen (secondary N) is 1. The van der Waals surface area contributed by atoms with Crippen LogP contribution in [0.25, 0.3) is 21.9 Å². The first-order valence-corrected chi connectivity index (χ1v) is 16.7. The molecule has 5 aromatic rings. The van der Waals surface area contributed by atoms with Crippen LogP contribution in [0.2, 0.25) is 0 Å². The molecule has 1 aliphatic heterocycles. The lowest BCUT2D eigenvalue weighted by Gasteiger charge is -2.26. The smallest absolute Gasteiger partial charge is 0.459 e. The fraction of sp³-hybridized carbons (Fsp3) is 0.312. The summed E-state index contributed by atoms with van der Waals surface area (Å²) < 4.78 is 86.7. The van der Waals surface area contributed by atoms with Crippen LogP contribution in [0.4, 0.5) is 19.1 Å². The monoisotopic (exact) mass is 716 g/mol. The van der Waals surface area contributed by atoms with Crippen molar-refractivity contribution in [3.63, 3.8) is 0 Å². The van der Waals surface area contributed by atoms with Gasteiger partial charge in [0.2, 0.25) is 11.8 Å². The standard InChI is InChI=1S/C32H32F3N6O8P/c1-17(29(42)46-14-18-11-20(33)13-21(34)12-18)40-50(44,49-23-10-6-8-19-7-4-5-9-22(19)23)47-15-24-26(35)32(2,43)30(48-24)41-16-37-25-27(41)38-31(36)39-28(25)45-3/h4-13,16-17,24,26,30,43H,14-15H2,1-3H3,(H,40,44)(H2,36,38,39)/t17-,24+,26+,30+,32+,50?/m0/s1. The maximum absolute atomic E-state index is 15.9. The Kier molecular flexibility index (Phi) is 9.70. The summed E-state index contributed by atoms with van der Waals surface area (Å²) in [6.07, 6.45) is -3.79. The third kappa shape index (κ3) is 7.09. The van der Waals surface area contributed by atoms with Gasteiger partial charge in [-0.25, -0.2) is 22.7 Å². The third-order valence-electron chi connectivity index (χ3n) is 7.93. The Hall–Kier alpha value is -4.80. The summed E-state index contributed by atoms with van der Waals surface area (Å²) in [6.45, 7) is 1.27. The van der Waals surface area contributed by atoms with Gasteiger partial charge in [0.05, 0.1) is 20.0 Å². The zero-order chi connectivity index (χ0) is 35.8. The van der Waals surface area contributed by atoms with E-state index in [-0.39, 0.29) is 34.3 Å². The molecule has 1 aliphatic rings. The van der Waals surface area contributed by atoms with E-state index in [1.54, 1.807) is 36.4 Å². The largest absolute Gasteiger partial charge is 0.479 e. The highest BCUT2D eigenvalue weighted by Gasteiger charge is 2.55. The minimum absolute atomic E-state index is 0.0433. The highest BCUT2D eigenvalue weighted by molar-refractivity contribution is 7.52. The number of halogens is 3. The molecule has 4 N–H and O–H groups in total. The van der Waals surface area contributed by atoms with Crippen LogP contribution in [0.1, 0.15) is 25.6 Å². The number of nitrogen functional groups attached to an aromatic ring is 1. The van der Waals surface area contributed by atoms with E-state index < -0.39 is 68.7 Å². The Morgan fingerprint density at radius 1 is 1.16 bits per heavy atom. The molecule has 18 heteroatoms. The van der Waals surface area contributed by atoms with Crippen molar-refractivity contribution in [2.45, 2.75) is 50.6 Å². The van der Waals surface area contributed by atoms with Crippen molar-refractivity contribution in [1.29, 1.82) is 0 Å². The Morgan fingerprint density at radius 3 is 2.62 bits per heavy atom. The lowest BCUT2D eigenvalue weighted by Crippen LogP contribution is -2.42. The minimum Gasteiger partial charge on any atom is -0.479 e. The van der Waals surface area contributed by atoms with Gasteiger partial charge in [0, 0.05) is 11.5 Å². The van der Waals surface area contributed by atoms with Crippen LogP contribution >= 0.6 is 7.75 Å². The van der Waals surface area contributed by atoms with E-state index in [2.05, 4.69) is 20.0 Å². The van der Waals surface area contributed by atoms with E-state index in [0.29, 0.717) is 11.5 Å². The number of aliphatic hydroxyl groups is 1. The number of carbonyl (C=O) groups excluding carboxylic acids is 1. The molecule has 3 aromatic carbocycles. The second-order valence-corrected chi connectivity index (χ2v) is 13.4. The van der Waals surface area contributed by atoms with Crippen LogP contribution in [-0.4, -0.2) is 68.2 Å². The fourth-order valence-corrected chi connectivity index (χ4v) is 7.03. The number of nitrogens with zero attached hydrogens (tertiary/aromatic N) is 4. The summed E-state index contributed by atoms with van der Waals surface area (Å²) in [6, 6.07) is 13.3. The molecule has 1 fully saturated rings. The van der Waals surface area contributed by atoms with Crippen LogP contribution in [0.15, 0.2) is 67.0 Å². The molecule has 3 heterocycles. The van der Waals surface area contributed by atoms with Gasteiger partial charge in [0.25, 0.3) is 0 Å². The van der Waals surface area contributed by atoms with Crippen molar-refractivity contribution in [3.8, 4) is 11.6 Å². The molecule has 6 atom stereocenters. The molecule has 264 valence electrons. The van der Waals surface area contributed by atoms with Crippen molar-refractivity contribution in [2.24, 2.45) is 0 Å². The van der Waals surface area contributed by atoms with E-state index in [9.17, 15) is 23.2 Å². The van der Waals surface area contributed by atoms with Gasteiger partial charge in [-0.05, 0) is 43.0 Å². The fourth-order valence-electron chi connectivity index (χ4n) is 5.51. The van der Waals surface area contributed by atoms with E-state index in [4.69, 9.17) is 29.0 Å². The van der Waals surface area contributed by atoms with Crippen molar-refractivity contribution in [3.05, 3.63) is 84.2 Å². The zero-order valence-corrected chi connectivity index (χ0v) is 27.7. The van der Waals surface area contributed by atoms with Gasteiger partial charge in [0.15, 0.2) is 23.6 Å². The molecule has 6 rings (SSSR count). The Morgan fingerprint density at radius 2 is 1.88 bits per heavy atom. The predicted octanol–water partition coefficient (Wildman–Crippen LogP) is 4.76. The molecular weight excluding hydrogens is 684 g/mol. The number of nitrogens with two attached hydrogens (primary N) is 1. The summed E-state index contributed by atoms with van der Waals surface area (Å²) in [5.41, 5.74) is 3.94. The third-order valence-corrected chi connectivity index (χ3v) is 9.56. The van der Waals surface area contributed by atoms with E-state index >= 15 is 4.39 Å². The summed E-state index contributed by atoms with van der Waals surface area (Å²) in [5.74, 6) is -2.69. The van der Waals surface area contributed by atoms with E-state index in [1.165, 1.54) is 37.9 Å². The summed E-state index contributed by atoms with van der Waals surface area (Å²) in [5, 5.41) is 15.1. The van der Waals surface area contributed by atoms with Gasteiger partial charge in [-0.3, -0.25) is 13.9 Å². The number of carbonyl (C=O) groups is 1. The van der Waals surface area contributed by atoms with Crippen LogP contribution in [0, 0.1) is 11.6 Å². The van der Waals surface area contributed by atoms with Gasteiger partial charge in [-0.15, -0.1) is 0 Å². The number of alkyl halides is 1. The van der Waals surface area contributed by atoms with Gasteiger partial charge < -0.3 is 29.6 Å². The summed E-state index contributed by atoms with van der Waals surface area (Å²) in [4.78, 5) is 25.2. The Balaban J connectivity index is 1.23. The number of ether oxygens (including phenoxy) is 3. The molecule has 1 saturated heterocycles. The summed E-state index contributed by atoms with van der Waals surface area (Å²) in [7, 11) is -3.24. The number of esters is 1. The molecule has 50 heavy (non-hydrogen) atoms. The number of aromatic nitrogens is 4. The molecular formula is C32H32F3N6O8P. The number of hydrogen-bond acceptors (Lipinski definition) is 12. The highest BCUT2D eigenvalue weighted by atomic mass is 31.2. The van der Waals surface area contributed by atoms with Gasteiger partial charge in [0.1, 0.15) is 41.7 Å². The molecule has 0 amide bonds. The highest BCUT2D eigenvalue weighted by Crippen LogP contribution is 2.49. The number of fused-ring (bicyclic) bond motifs is 2. The van der Waals surface area contributed by atoms with Crippen molar-refractivity contribution in [1.82, 2.24) is 24.6 Å². The number of benzene rings is 3. The first-order chi connectivity index (χ1) is 23.8. The lowest BCUT2D eigenvalue weighted by molar-refractivity contribution is -0.146. The van der Waals surface area contributed by atoms with Crippen molar-refractivity contribution in [2.75, 3.05) is 19.5 Å². The number of hydrogen-bond donors (Lipinski definition) is 3. The number of anilines is 1. The molecule has 0 spiro atoms. The SMILES string of the molecule is COc1nc(N)nc2c1ncn2[C@@H]1O[C@H](COP(=O)(N[C@@H](C)C(=O)OCc2cc(F)cc(F)c2)Oc2cccc3ccccc23)[C@@H](F)[C@@]1(C)O. The quantitative estimate of drug-likeness (QED) is 0.119. The van der Waals surface area contributed by atoms with Crippen LogP contribution in [-0.2, 0) is 30.0 Å². The Labute approximate surface area is 282 Å².